The molecule has 0 atom stereocenters. The molecule has 104 valence electrons. The SMILES string of the molecule is CCCCN(C)C(=O)N(C)C(=O)Nc1ccccc1. The van der Waals surface area contributed by atoms with Crippen LogP contribution in [0.25, 0.3) is 0 Å². The van der Waals surface area contributed by atoms with Crippen molar-refractivity contribution in [1.82, 2.24) is 9.80 Å². The van der Waals surface area contributed by atoms with Gasteiger partial charge >= 0.3 is 12.1 Å². The number of benzene rings is 1. The van der Waals surface area contributed by atoms with E-state index in [4.69, 9.17) is 0 Å². The van der Waals surface area contributed by atoms with Crippen LogP contribution in [0.15, 0.2) is 30.3 Å². The number of amides is 4. The van der Waals surface area contributed by atoms with Crippen LogP contribution in [0.4, 0.5) is 15.3 Å². The summed E-state index contributed by atoms with van der Waals surface area (Å²) in [4.78, 5) is 26.5. The Hall–Kier alpha value is -2.04. The van der Waals surface area contributed by atoms with Gasteiger partial charge in [0.15, 0.2) is 0 Å². The standard InChI is InChI=1S/C14H21N3O2/c1-4-5-11-16(2)14(19)17(3)13(18)15-12-9-7-6-8-10-12/h6-10H,4-5,11H2,1-3H3,(H,15,18). The molecule has 1 rings (SSSR count). The Labute approximate surface area is 114 Å². The van der Waals surface area contributed by atoms with Crippen molar-refractivity contribution >= 4 is 17.7 Å². The molecule has 1 aromatic rings. The topological polar surface area (TPSA) is 52.7 Å². The van der Waals surface area contributed by atoms with Gasteiger partial charge in [-0.25, -0.2) is 14.5 Å². The normalized spacial score (nSPS) is 9.84. The van der Waals surface area contributed by atoms with E-state index in [1.54, 1.807) is 24.1 Å². The number of unbranched alkanes of at least 4 members (excludes halogenated alkanes) is 1. The van der Waals surface area contributed by atoms with E-state index in [1.807, 2.05) is 18.2 Å². The molecule has 0 saturated carbocycles. The molecule has 19 heavy (non-hydrogen) atoms. The number of rotatable bonds is 4. The molecule has 5 nitrogen and oxygen atoms in total. The maximum atomic E-state index is 12.0. The number of nitrogens with one attached hydrogen (secondary N) is 1. The fraction of sp³-hybridized carbons (Fsp3) is 0.429. The number of carbonyl (C=O) groups excluding carboxylic acids is 2. The highest BCUT2D eigenvalue weighted by molar-refractivity contribution is 6.00. The van der Waals surface area contributed by atoms with Gasteiger partial charge in [0, 0.05) is 26.3 Å². The molecule has 0 aliphatic heterocycles. The third-order valence-corrected chi connectivity index (χ3v) is 2.79. The molecule has 0 bridgehead atoms. The Kier molecular flexibility index (Phi) is 5.85. The van der Waals surface area contributed by atoms with Crippen molar-refractivity contribution in [3.05, 3.63) is 30.3 Å². The first-order valence-corrected chi connectivity index (χ1v) is 6.41. The molecule has 0 heterocycles. The average molecular weight is 263 g/mol. The molecule has 1 N–H and O–H groups in total. The second-order valence-electron chi connectivity index (χ2n) is 4.41. The number of anilines is 1. The van der Waals surface area contributed by atoms with Crippen LogP contribution in [-0.2, 0) is 0 Å². The maximum Gasteiger partial charge on any atom is 0.329 e. The van der Waals surface area contributed by atoms with Crippen LogP contribution in [-0.4, -0.2) is 42.5 Å². The second-order valence-corrected chi connectivity index (χ2v) is 4.41. The highest BCUT2D eigenvalue weighted by Gasteiger charge is 2.19. The lowest BCUT2D eigenvalue weighted by atomic mass is 10.3. The summed E-state index contributed by atoms with van der Waals surface area (Å²) in [6.07, 6.45) is 1.94. The van der Waals surface area contributed by atoms with E-state index in [-0.39, 0.29) is 6.03 Å². The van der Waals surface area contributed by atoms with Crippen LogP contribution in [0.3, 0.4) is 0 Å². The quantitative estimate of drug-likeness (QED) is 0.907. The molecular formula is C14H21N3O2. The molecule has 5 heteroatoms. The van der Waals surface area contributed by atoms with Crippen LogP contribution in [0, 0.1) is 0 Å². The molecule has 0 aromatic heterocycles. The van der Waals surface area contributed by atoms with Crippen molar-refractivity contribution in [3.63, 3.8) is 0 Å². The zero-order valence-corrected chi connectivity index (χ0v) is 11.7. The number of nitrogens with zero attached hydrogens (tertiary/aromatic N) is 2. The third-order valence-electron chi connectivity index (χ3n) is 2.79. The molecule has 0 fully saturated rings. The molecule has 0 radical (unpaired) electrons. The van der Waals surface area contributed by atoms with Gasteiger partial charge in [0.05, 0.1) is 0 Å². The Bertz CT molecular complexity index is 420. The van der Waals surface area contributed by atoms with Gasteiger partial charge in [0.2, 0.25) is 0 Å². The number of hydrogen-bond donors (Lipinski definition) is 1. The molecule has 0 saturated heterocycles. The minimum atomic E-state index is -0.431. The van der Waals surface area contributed by atoms with Gasteiger partial charge in [-0.15, -0.1) is 0 Å². The monoisotopic (exact) mass is 263 g/mol. The molecule has 4 amide bonds. The van der Waals surface area contributed by atoms with E-state index >= 15 is 0 Å². The predicted molar refractivity (Wildman–Crippen MR) is 76.2 cm³/mol. The van der Waals surface area contributed by atoms with E-state index in [0.29, 0.717) is 12.2 Å². The number of para-hydroxylation sites is 1. The minimum absolute atomic E-state index is 0.304. The Morgan fingerprint density at radius 3 is 2.37 bits per heavy atom. The zero-order valence-electron chi connectivity index (χ0n) is 11.7. The lowest BCUT2D eigenvalue weighted by Crippen LogP contribution is -2.44. The summed E-state index contributed by atoms with van der Waals surface area (Å²) in [5.41, 5.74) is 0.670. The van der Waals surface area contributed by atoms with E-state index in [9.17, 15) is 9.59 Å². The van der Waals surface area contributed by atoms with Gasteiger partial charge in [-0.3, -0.25) is 0 Å². The average Bonchev–Trinajstić information content (AvgIpc) is 2.44. The second kappa shape index (κ2) is 7.41. The highest BCUT2D eigenvalue weighted by atomic mass is 16.2. The van der Waals surface area contributed by atoms with Crippen molar-refractivity contribution in [2.75, 3.05) is 26.0 Å². The van der Waals surface area contributed by atoms with Gasteiger partial charge < -0.3 is 10.2 Å². The summed E-state index contributed by atoms with van der Waals surface area (Å²) >= 11 is 0. The zero-order chi connectivity index (χ0) is 14.3. The van der Waals surface area contributed by atoms with Crippen molar-refractivity contribution in [2.24, 2.45) is 0 Å². The van der Waals surface area contributed by atoms with E-state index in [2.05, 4.69) is 12.2 Å². The Morgan fingerprint density at radius 1 is 1.16 bits per heavy atom. The van der Waals surface area contributed by atoms with Crippen LogP contribution in [0.5, 0.6) is 0 Å². The van der Waals surface area contributed by atoms with E-state index in [1.165, 1.54) is 7.05 Å². The first-order valence-electron chi connectivity index (χ1n) is 6.41. The summed E-state index contributed by atoms with van der Waals surface area (Å²) in [5.74, 6) is 0. The lowest BCUT2D eigenvalue weighted by molar-refractivity contribution is 0.175. The van der Waals surface area contributed by atoms with Crippen LogP contribution >= 0.6 is 0 Å². The summed E-state index contributed by atoms with van der Waals surface area (Å²) in [7, 11) is 3.17. The molecule has 0 aliphatic rings. The molecule has 0 aliphatic carbocycles. The van der Waals surface area contributed by atoms with Gasteiger partial charge in [-0.2, -0.15) is 0 Å². The largest absolute Gasteiger partial charge is 0.329 e. The number of hydrogen-bond acceptors (Lipinski definition) is 2. The summed E-state index contributed by atoms with van der Waals surface area (Å²) in [6.45, 7) is 2.71. The molecule has 1 aromatic carbocycles. The van der Waals surface area contributed by atoms with Gasteiger partial charge in [-0.05, 0) is 18.6 Å². The smallest absolute Gasteiger partial charge is 0.327 e. The molecular weight excluding hydrogens is 242 g/mol. The first kappa shape index (κ1) is 15.0. The lowest BCUT2D eigenvalue weighted by Gasteiger charge is -2.23. The van der Waals surface area contributed by atoms with Crippen molar-refractivity contribution in [3.8, 4) is 0 Å². The van der Waals surface area contributed by atoms with Gasteiger partial charge in [0.1, 0.15) is 0 Å². The molecule has 0 unspecified atom stereocenters. The van der Waals surface area contributed by atoms with Crippen LogP contribution in [0.2, 0.25) is 0 Å². The maximum absolute atomic E-state index is 12.0. The van der Waals surface area contributed by atoms with Gasteiger partial charge in [0.25, 0.3) is 0 Å². The van der Waals surface area contributed by atoms with E-state index in [0.717, 1.165) is 17.7 Å². The Morgan fingerprint density at radius 2 is 1.79 bits per heavy atom. The van der Waals surface area contributed by atoms with Crippen LogP contribution in [0.1, 0.15) is 19.8 Å². The number of imide groups is 1. The summed E-state index contributed by atoms with van der Waals surface area (Å²) < 4.78 is 0. The van der Waals surface area contributed by atoms with Crippen molar-refractivity contribution in [1.29, 1.82) is 0 Å². The molecule has 0 spiro atoms. The van der Waals surface area contributed by atoms with Crippen LogP contribution < -0.4 is 5.32 Å². The number of urea groups is 2. The predicted octanol–water partition coefficient (Wildman–Crippen LogP) is 3.00. The third kappa shape index (κ3) is 4.62. The van der Waals surface area contributed by atoms with Crippen molar-refractivity contribution < 1.29 is 9.59 Å². The fourth-order valence-electron chi connectivity index (χ4n) is 1.56. The highest BCUT2D eigenvalue weighted by Crippen LogP contribution is 2.07. The first-order chi connectivity index (χ1) is 9.06. The fourth-order valence-corrected chi connectivity index (χ4v) is 1.56. The van der Waals surface area contributed by atoms with Crippen molar-refractivity contribution in [2.45, 2.75) is 19.8 Å². The van der Waals surface area contributed by atoms with Gasteiger partial charge in [-0.1, -0.05) is 31.5 Å². The summed E-state index contributed by atoms with van der Waals surface area (Å²) in [5, 5.41) is 2.67. The Balaban J connectivity index is 2.54. The minimum Gasteiger partial charge on any atom is -0.327 e. The van der Waals surface area contributed by atoms with E-state index < -0.39 is 6.03 Å². The number of carbonyl (C=O) groups is 2. The summed E-state index contributed by atoms with van der Waals surface area (Å²) in [6, 6.07) is 8.33.